The fourth-order valence-corrected chi connectivity index (χ4v) is 3.02. The van der Waals surface area contributed by atoms with Crippen molar-refractivity contribution >= 4 is 33.8 Å². The first-order chi connectivity index (χ1) is 8.95. The van der Waals surface area contributed by atoms with E-state index in [4.69, 9.17) is 5.73 Å². The molecule has 0 aliphatic carbocycles. The van der Waals surface area contributed by atoms with E-state index in [1.165, 1.54) is 0 Å². The molecule has 1 heterocycles. The van der Waals surface area contributed by atoms with Gasteiger partial charge >= 0.3 is 0 Å². The molecule has 0 radical (unpaired) electrons. The fraction of sp³-hybridized carbons (Fsp3) is 0.462. The van der Waals surface area contributed by atoms with E-state index in [2.05, 4.69) is 10.6 Å². The lowest BCUT2D eigenvalue weighted by atomic mass is 10.0. The van der Waals surface area contributed by atoms with Crippen LogP contribution < -0.4 is 16.4 Å². The number of aryl methyl sites for hydroxylation is 1. The van der Waals surface area contributed by atoms with E-state index in [1.807, 2.05) is 13.0 Å². The maximum absolute atomic E-state index is 11.3. The summed E-state index contributed by atoms with van der Waals surface area (Å²) < 4.78 is 11.2. The van der Waals surface area contributed by atoms with E-state index in [9.17, 15) is 9.00 Å². The summed E-state index contributed by atoms with van der Waals surface area (Å²) in [5.41, 5.74) is 9.29. The molecule has 0 spiro atoms. The van der Waals surface area contributed by atoms with Crippen LogP contribution in [-0.2, 0) is 22.0 Å². The van der Waals surface area contributed by atoms with Crippen LogP contribution in [0.2, 0.25) is 0 Å². The van der Waals surface area contributed by atoms with Gasteiger partial charge in [-0.15, -0.1) is 0 Å². The van der Waals surface area contributed by atoms with E-state index < -0.39 is 10.8 Å². The molecule has 1 amide bonds. The Balaban J connectivity index is 2.18. The van der Waals surface area contributed by atoms with Crippen molar-refractivity contribution in [1.82, 2.24) is 0 Å². The molecule has 1 aliphatic heterocycles. The molecular weight excluding hydrogens is 262 g/mol. The normalized spacial score (nSPS) is 17.3. The Morgan fingerprint density at radius 3 is 2.89 bits per heavy atom. The van der Waals surface area contributed by atoms with E-state index in [-0.39, 0.29) is 11.9 Å². The van der Waals surface area contributed by atoms with E-state index in [1.54, 1.807) is 12.3 Å². The van der Waals surface area contributed by atoms with Crippen LogP contribution in [0.25, 0.3) is 0 Å². The van der Waals surface area contributed by atoms with Gasteiger partial charge in [0, 0.05) is 41.0 Å². The second-order valence-corrected chi connectivity index (χ2v) is 6.41. The van der Waals surface area contributed by atoms with Crippen LogP contribution in [0.1, 0.15) is 18.9 Å². The van der Waals surface area contributed by atoms with E-state index in [0.29, 0.717) is 17.9 Å². The van der Waals surface area contributed by atoms with Crippen molar-refractivity contribution in [2.45, 2.75) is 25.8 Å². The van der Waals surface area contributed by atoms with Gasteiger partial charge in [-0.2, -0.15) is 0 Å². The van der Waals surface area contributed by atoms with Gasteiger partial charge in [-0.1, -0.05) is 0 Å². The first kappa shape index (κ1) is 13.9. The minimum atomic E-state index is -0.843. The number of anilines is 3. The van der Waals surface area contributed by atoms with Gasteiger partial charge in [0.05, 0.1) is 11.4 Å². The molecule has 1 aliphatic rings. The van der Waals surface area contributed by atoms with Crippen molar-refractivity contribution in [3.63, 3.8) is 0 Å². The molecule has 0 aromatic heterocycles. The van der Waals surface area contributed by atoms with Gasteiger partial charge in [-0.05, 0) is 31.0 Å². The fourth-order valence-electron chi connectivity index (χ4n) is 2.23. The number of fused-ring (bicyclic) bond motifs is 1. The van der Waals surface area contributed by atoms with Crippen molar-refractivity contribution in [2.24, 2.45) is 0 Å². The molecule has 104 valence electrons. The number of rotatable bonds is 4. The Morgan fingerprint density at radius 2 is 2.21 bits per heavy atom. The average Bonchev–Trinajstić information content (AvgIpc) is 2.29. The number of hydrogen-bond donors (Lipinski definition) is 3. The van der Waals surface area contributed by atoms with Crippen molar-refractivity contribution in [1.29, 1.82) is 0 Å². The van der Waals surface area contributed by atoms with E-state index >= 15 is 0 Å². The number of amides is 1. The molecule has 0 saturated heterocycles. The van der Waals surface area contributed by atoms with Crippen LogP contribution in [0.15, 0.2) is 12.1 Å². The number of benzene rings is 1. The third-order valence-corrected chi connectivity index (χ3v) is 4.03. The summed E-state index contributed by atoms with van der Waals surface area (Å²) in [6.45, 7) is 1.97. The zero-order valence-electron chi connectivity index (χ0n) is 11.2. The Bertz CT molecular complexity index is 531. The summed E-state index contributed by atoms with van der Waals surface area (Å²) in [5, 5.41) is 6.09. The standard InChI is InChI=1S/C13H19N3O2S/c1-8(7-19(2)18)15-12-5-9-3-4-13(17)16-11(9)6-10(12)14/h5-6,8,15H,3-4,7,14H2,1-2H3,(H,16,17). The number of nitrogens with two attached hydrogens (primary N) is 1. The van der Waals surface area contributed by atoms with Gasteiger partial charge in [0.25, 0.3) is 0 Å². The summed E-state index contributed by atoms with van der Waals surface area (Å²) >= 11 is 0. The molecule has 19 heavy (non-hydrogen) atoms. The number of nitrogens with one attached hydrogen (secondary N) is 2. The first-order valence-electron chi connectivity index (χ1n) is 6.24. The van der Waals surface area contributed by atoms with Crippen LogP contribution in [-0.4, -0.2) is 28.2 Å². The number of carbonyl (C=O) groups excluding carboxylic acids is 1. The zero-order valence-corrected chi connectivity index (χ0v) is 12.0. The predicted molar refractivity (Wildman–Crippen MR) is 79.8 cm³/mol. The van der Waals surface area contributed by atoms with Crippen LogP contribution >= 0.6 is 0 Å². The molecule has 5 nitrogen and oxygen atoms in total. The molecule has 1 aromatic rings. The van der Waals surface area contributed by atoms with Crippen LogP contribution in [0.5, 0.6) is 0 Å². The highest BCUT2D eigenvalue weighted by Crippen LogP contribution is 2.31. The number of nitrogen functional groups attached to an aromatic ring is 1. The first-order valence-corrected chi connectivity index (χ1v) is 7.97. The highest BCUT2D eigenvalue weighted by atomic mass is 32.2. The monoisotopic (exact) mass is 281 g/mol. The molecule has 0 fully saturated rings. The maximum Gasteiger partial charge on any atom is 0.224 e. The van der Waals surface area contributed by atoms with Crippen LogP contribution in [0.4, 0.5) is 17.1 Å². The Hall–Kier alpha value is -1.56. The number of carbonyl (C=O) groups is 1. The molecule has 2 atom stereocenters. The quantitative estimate of drug-likeness (QED) is 0.727. The summed E-state index contributed by atoms with van der Waals surface area (Å²) in [6.07, 6.45) is 2.92. The minimum Gasteiger partial charge on any atom is -0.397 e. The van der Waals surface area contributed by atoms with Crippen molar-refractivity contribution in [2.75, 3.05) is 28.4 Å². The van der Waals surface area contributed by atoms with Crippen LogP contribution in [0.3, 0.4) is 0 Å². The Kier molecular flexibility index (Phi) is 4.09. The Labute approximate surface area is 115 Å². The second-order valence-electron chi connectivity index (χ2n) is 4.93. The third kappa shape index (κ3) is 3.47. The lowest BCUT2D eigenvalue weighted by molar-refractivity contribution is -0.116. The van der Waals surface area contributed by atoms with Gasteiger partial charge < -0.3 is 16.4 Å². The average molecular weight is 281 g/mol. The summed E-state index contributed by atoms with van der Waals surface area (Å²) in [4.78, 5) is 11.3. The molecule has 2 rings (SSSR count). The molecule has 0 saturated carbocycles. The van der Waals surface area contributed by atoms with Gasteiger partial charge in [0.2, 0.25) is 5.91 Å². The van der Waals surface area contributed by atoms with Gasteiger partial charge in [-0.3, -0.25) is 9.00 Å². The SMILES string of the molecule is CC(CS(C)=O)Nc1cc2c(cc1N)NC(=O)CC2. The summed E-state index contributed by atoms with van der Waals surface area (Å²) in [5.74, 6) is 0.607. The highest BCUT2D eigenvalue weighted by Gasteiger charge is 2.17. The molecule has 4 N–H and O–H groups in total. The molecule has 6 heteroatoms. The zero-order chi connectivity index (χ0) is 14.0. The topological polar surface area (TPSA) is 84.2 Å². The largest absolute Gasteiger partial charge is 0.397 e. The van der Waals surface area contributed by atoms with Crippen LogP contribution in [0, 0.1) is 0 Å². The van der Waals surface area contributed by atoms with Crippen molar-refractivity contribution in [3.05, 3.63) is 17.7 Å². The van der Waals surface area contributed by atoms with E-state index in [0.717, 1.165) is 23.4 Å². The summed E-state index contributed by atoms with van der Waals surface area (Å²) in [7, 11) is -0.843. The highest BCUT2D eigenvalue weighted by molar-refractivity contribution is 7.84. The molecule has 1 aromatic carbocycles. The molecule has 2 unspecified atom stereocenters. The molecule has 0 bridgehead atoms. The smallest absolute Gasteiger partial charge is 0.224 e. The lowest BCUT2D eigenvalue weighted by Gasteiger charge is -2.21. The Morgan fingerprint density at radius 1 is 1.47 bits per heavy atom. The van der Waals surface area contributed by atoms with Crippen molar-refractivity contribution < 1.29 is 9.00 Å². The summed E-state index contributed by atoms with van der Waals surface area (Å²) in [6, 6.07) is 3.84. The van der Waals surface area contributed by atoms with Gasteiger partial charge in [0.1, 0.15) is 0 Å². The van der Waals surface area contributed by atoms with Gasteiger partial charge in [0.15, 0.2) is 0 Å². The maximum atomic E-state index is 11.3. The third-order valence-electron chi connectivity index (χ3n) is 3.06. The van der Waals surface area contributed by atoms with Crippen molar-refractivity contribution in [3.8, 4) is 0 Å². The predicted octanol–water partition coefficient (Wildman–Crippen LogP) is 1.33. The number of hydrogen-bond acceptors (Lipinski definition) is 4. The lowest BCUT2D eigenvalue weighted by Crippen LogP contribution is -2.24. The minimum absolute atomic E-state index is 0.0300. The molecular formula is C13H19N3O2S. The second kappa shape index (κ2) is 5.61. The van der Waals surface area contributed by atoms with Gasteiger partial charge in [-0.25, -0.2) is 0 Å².